The standard InChI is InChI=1S/C6H12N4/c1-4(2)9-6(8)10-5(3)7/h1H2,2-3H3,(H4,7,8,9,10). The van der Waals surface area contributed by atoms with Crippen LogP contribution in [0, 0.1) is 0 Å². The molecule has 0 radical (unpaired) electrons. The molecular weight excluding hydrogens is 128 g/mol. The van der Waals surface area contributed by atoms with E-state index >= 15 is 0 Å². The number of allylic oxidation sites excluding steroid dienone is 1. The molecule has 0 aromatic rings. The molecule has 0 bridgehead atoms. The fourth-order valence-corrected chi connectivity index (χ4v) is 0.401. The van der Waals surface area contributed by atoms with Gasteiger partial charge in [0.2, 0.25) is 5.96 Å². The molecule has 0 rings (SSSR count). The van der Waals surface area contributed by atoms with Crippen LogP contribution < -0.4 is 11.5 Å². The Balaban J connectivity index is 4.22. The van der Waals surface area contributed by atoms with Gasteiger partial charge >= 0.3 is 0 Å². The zero-order valence-corrected chi connectivity index (χ0v) is 6.26. The lowest BCUT2D eigenvalue weighted by Gasteiger charge is -1.92. The molecule has 0 aliphatic heterocycles. The smallest absolute Gasteiger partial charge is 0.221 e. The van der Waals surface area contributed by atoms with Crippen molar-refractivity contribution in [2.24, 2.45) is 21.5 Å². The molecule has 4 nitrogen and oxygen atoms in total. The maximum Gasteiger partial charge on any atom is 0.221 e. The predicted octanol–water partition coefficient (Wildman–Crippen LogP) is 0.212. The normalized spacial score (nSPS) is 13.4. The number of hydrogen-bond acceptors (Lipinski definition) is 1. The molecule has 0 fully saturated rings. The minimum atomic E-state index is 0.146. The Labute approximate surface area is 60.3 Å². The van der Waals surface area contributed by atoms with Crippen molar-refractivity contribution in [2.45, 2.75) is 13.8 Å². The van der Waals surface area contributed by atoms with Gasteiger partial charge in [0, 0.05) is 5.70 Å². The molecule has 56 valence electrons. The van der Waals surface area contributed by atoms with E-state index in [-0.39, 0.29) is 5.96 Å². The molecule has 4 N–H and O–H groups in total. The highest BCUT2D eigenvalue weighted by molar-refractivity contribution is 5.93. The molecule has 0 saturated heterocycles. The maximum atomic E-state index is 5.30. The summed E-state index contributed by atoms with van der Waals surface area (Å²) in [7, 11) is 0. The second-order valence-electron chi connectivity index (χ2n) is 1.96. The molecule has 0 amide bonds. The van der Waals surface area contributed by atoms with Crippen LogP contribution in [0.15, 0.2) is 22.3 Å². The van der Waals surface area contributed by atoms with Crippen molar-refractivity contribution in [3.8, 4) is 0 Å². The second-order valence-corrected chi connectivity index (χ2v) is 1.96. The van der Waals surface area contributed by atoms with Crippen molar-refractivity contribution in [1.82, 2.24) is 0 Å². The Morgan fingerprint density at radius 2 is 1.70 bits per heavy atom. The number of nitrogens with two attached hydrogens (primary N) is 2. The minimum absolute atomic E-state index is 0.146. The summed E-state index contributed by atoms with van der Waals surface area (Å²) in [6.07, 6.45) is 0. The van der Waals surface area contributed by atoms with Crippen LogP contribution in [0.25, 0.3) is 0 Å². The number of guanidine groups is 1. The first-order valence-electron chi connectivity index (χ1n) is 2.83. The molecule has 0 aromatic heterocycles. The van der Waals surface area contributed by atoms with Crippen LogP contribution >= 0.6 is 0 Å². The van der Waals surface area contributed by atoms with E-state index in [2.05, 4.69) is 16.6 Å². The lowest BCUT2D eigenvalue weighted by atomic mass is 10.6. The Morgan fingerprint density at radius 1 is 1.20 bits per heavy atom. The molecule has 0 spiro atoms. The molecule has 0 atom stereocenters. The summed E-state index contributed by atoms with van der Waals surface area (Å²) < 4.78 is 0. The number of nitrogens with zero attached hydrogens (tertiary/aromatic N) is 2. The first-order valence-corrected chi connectivity index (χ1v) is 2.83. The summed E-state index contributed by atoms with van der Waals surface area (Å²) in [5, 5.41) is 0. The van der Waals surface area contributed by atoms with Gasteiger partial charge in [0.25, 0.3) is 0 Å². The third-order valence-corrected chi connectivity index (χ3v) is 0.596. The first-order chi connectivity index (χ1) is 4.52. The van der Waals surface area contributed by atoms with Gasteiger partial charge in [0.1, 0.15) is 0 Å². The van der Waals surface area contributed by atoms with E-state index < -0.39 is 0 Å². The van der Waals surface area contributed by atoms with E-state index in [1.165, 1.54) is 0 Å². The minimum Gasteiger partial charge on any atom is -0.387 e. The molecule has 0 aliphatic carbocycles. The van der Waals surface area contributed by atoms with Crippen LogP contribution in [0.4, 0.5) is 0 Å². The van der Waals surface area contributed by atoms with Crippen molar-refractivity contribution in [3.63, 3.8) is 0 Å². The highest BCUT2D eigenvalue weighted by Crippen LogP contribution is 1.87. The van der Waals surface area contributed by atoms with Crippen molar-refractivity contribution in [2.75, 3.05) is 0 Å². The van der Waals surface area contributed by atoms with Crippen molar-refractivity contribution >= 4 is 11.8 Å². The maximum absolute atomic E-state index is 5.30. The number of amidine groups is 1. The van der Waals surface area contributed by atoms with Crippen molar-refractivity contribution < 1.29 is 0 Å². The molecule has 4 heteroatoms. The SMILES string of the molecule is C=C(C)N=C(N)N=C(C)N. The van der Waals surface area contributed by atoms with E-state index in [4.69, 9.17) is 11.5 Å². The average Bonchev–Trinajstić information content (AvgIpc) is 1.58. The summed E-state index contributed by atoms with van der Waals surface area (Å²) >= 11 is 0. The van der Waals surface area contributed by atoms with Gasteiger partial charge in [-0.05, 0) is 13.8 Å². The molecule has 0 heterocycles. The van der Waals surface area contributed by atoms with Gasteiger partial charge in [-0.15, -0.1) is 0 Å². The van der Waals surface area contributed by atoms with Crippen molar-refractivity contribution in [1.29, 1.82) is 0 Å². The fraction of sp³-hybridized carbons (Fsp3) is 0.333. The summed E-state index contributed by atoms with van der Waals surface area (Å²) in [6, 6.07) is 0. The average molecular weight is 140 g/mol. The van der Waals surface area contributed by atoms with Crippen LogP contribution in [0.5, 0.6) is 0 Å². The predicted molar refractivity (Wildman–Crippen MR) is 43.7 cm³/mol. The van der Waals surface area contributed by atoms with Gasteiger partial charge < -0.3 is 11.5 Å². The summed E-state index contributed by atoms with van der Waals surface area (Å²) in [6.45, 7) is 6.89. The fourth-order valence-electron chi connectivity index (χ4n) is 0.401. The van der Waals surface area contributed by atoms with E-state index in [1.807, 2.05) is 0 Å². The van der Waals surface area contributed by atoms with E-state index in [0.717, 1.165) is 0 Å². The van der Waals surface area contributed by atoms with Gasteiger partial charge in [-0.1, -0.05) is 6.58 Å². The van der Waals surface area contributed by atoms with Gasteiger partial charge in [0.15, 0.2) is 0 Å². The monoisotopic (exact) mass is 140 g/mol. The Kier molecular flexibility index (Phi) is 3.17. The topological polar surface area (TPSA) is 76.8 Å². The van der Waals surface area contributed by atoms with E-state index in [9.17, 15) is 0 Å². The van der Waals surface area contributed by atoms with Crippen molar-refractivity contribution in [3.05, 3.63) is 12.3 Å². The second kappa shape index (κ2) is 3.66. The molecule has 0 aromatic carbocycles. The first kappa shape index (κ1) is 8.68. The molecule has 0 saturated carbocycles. The van der Waals surface area contributed by atoms with Gasteiger partial charge in [0.05, 0.1) is 5.84 Å². The van der Waals surface area contributed by atoms with Crippen LogP contribution in [0.1, 0.15) is 13.8 Å². The van der Waals surface area contributed by atoms with Crippen LogP contribution in [0.2, 0.25) is 0 Å². The van der Waals surface area contributed by atoms with Gasteiger partial charge in [-0.25, -0.2) is 9.98 Å². The third-order valence-electron chi connectivity index (χ3n) is 0.596. The Bertz CT molecular complexity index is 186. The van der Waals surface area contributed by atoms with Crippen LogP contribution in [0.3, 0.4) is 0 Å². The molecule has 0 aliphatic rings. The highest BCUT2D eigenvalue weighted by atomic mass is 15.1. The largest absolute Gasteiger partial charge is 0.387 e. The number of rotatable bonds is 1. The molecule has 0 unspecified atom stereocenters. The lowest BCUT2D eigenvalue weighted by molar-refractivity contribution is 1.28. The summed E-state index contributed by atoms with van der Waals surface area (Å²) in [4.78, 5) is 7.43. The van der Waals surface area contributed by atoms with Crippen LogP contribution in [-0.4, -0.2) is 11.8 Å². The quantitative estimate of drug-likeness (QED) is 0.403. The van der Waals surface area contributed by atoms with Crippen LogP contribution in [-0.2, 0) is 0 Å². The third kappa shape index (κ3) is 4.83. The van der Waals surface area contributed by atoms with Gasteiger partial charge in [-0.3, -0.25) is 0 Å². The zero-order chi connectivity index (χ0) is 8.15. The number of aliphatic imine (C=N–C) groups is 2. The molecular formula is C6H12N4. The summed E-state index contributed by atoms with van der Waals surface area (Å²) in [5.41, 5.74) is 11.1. The van der Waals surface area contributed by atoms with Gasteiger partial charge in [-0.2, -0.15) is 0 Å². The summed E-state index contributed by atoms with van der Waals surface area (Å²) in [5.74, 6) is 0.537. The number of hydrogen-bond donors (Lipinski definition) is 2. The highest BCUT2D eigenvalue weighted by Gasteiger charge is 1.85. The lowest BCUT2D eigenvalue weighted by Crippen LogP contribution is -2.15. The molecule has 10 heavy (non-hydrogen) atoms. The zero-order valence-electron chi connectivity index (χ0n) is 6.26. The Morgan fingerprint density at radius 3 is 2.00 bits per heavy atom. The Hall–Kier alpha value is -1.32. The van der Waals surface area contributed by atoms with E-state index in [0.29, 0.717) is 11.5 Å². The van der Waals surface area contributed by atoms with E-state index in [1.54, 1.807) is 13.8 Å².